The average Bonchev–Trinajstić information content (AvgIpc) is 3.20. The van der Waals surface area contributed by atoms with Crippen LogP contribution in [0.15, 0.2) is 24.3 Å². The number of carbonyl (C=O) groups is 3. The summed E-state index contributed by atoms with van der Waals surface area (Å²) in [6.07, 6.45) is 0.755. The smallest absolute Gasteiger partial charge is 0.319 e. The Morgan fingerprint density at radius 2 is 1.81 bits per heavy atom. The quantitative estimate of drug-likeness (QED) is 0.609. The van der Waals surface area contributed by atoms with Gasteiger partial charge in [0.25, 0.3) is 0 Å². The zero-order valence-corrected chi connectivity index (χ0v) is 11.6. The van der Waals surface area contributed by atoms with Gasteiger partial charge in [-0.25, -0.2) is 4.79 Å². The number of nitrogens with one attached hydrogen (secondary N) is 2. The Hall–Kier alpha value is -2.57. The highest BCUT2D eigenvalue weighted by Crippen LogP contribution is 2.46. The van der Waals surface area contributed by atoms with Crippen LogP contribution < -0.4 is 16.4 Å². The first-order valence-corrected chi connectivity index (χ1v) is 6.56. The van der Waals surface area contributed by atoms with Gasteiger partial charge in [-0.2, -0.15) is 0 Å². The standard InChI is InChI=1S/C14H17N3O4/c1-8(16-11(18)14(6-7-14)12(19)20)9-2-4-10(5-3-9)17-13(15)21/h2-5,8H,6-7H2,1H3,(H,16,18)(H,19,20)(H3,15,17,21). The van der Waals surface area contributed by atoms with E-state index in [1.165, 1.54) is 0 Å². The van der Waals surface area contributed by atoms with Crippen molar-refractivity contribution in [1.82, 2.24) is 5.32 Å². The molecule has 3 amide bonds. The Kier molecular flexibility index (Phi) is 3.84. The minimum atomic E-state index is -1.25. The van der Waals surface area contributed by atoms with Crippen LogP contribution >= 0.6 is 0 Å². The fourth-order valence-corrected chi connectivity index (χ4v) is 2.08. The lowest BCUT2D eigenvalue weighted by Crippen LogP contribution is -2.38. The number of nitrogens with two attached hydrogens (primary N) is 1. The normalized spacial score (nSPS) is 16.6. The Morgan fingerprint density at radius 3 is 2.24 bits per heavy atom. The van der Waals surface area contributed by atoms with Crippen LogP contribution in [0.3, 0.4) is 0 Å². The molecule has 0 saturated heterocycles. The van der Waals surface area contributed by atoms with Crippen LogP contribution in [0.1, 0.15) is 31.4 Å². The predicted octanol–water partition coefficient (Wildman–Crippen LogP) is 1.22. The van der Waals surface area contributed by atoms with Crippen molar-refractivity contribution in [3.05, 3.63) is 29.8 Å². The van der Waals surface area contributed by atoms with E-state index >= 15 is 0 Å². The molecule has 1 aliphatic rings. The van der Waals surface area contributed by atoms with Gasteiger partial charge in [0.05, 0.1) is 6.04 Å². The monoisotopic (exact) mass is 291 g/mol. The Labute approximate surface area is 121 Å². The number of amides is 3. The van der Waals surface area contributed by atoms with E-state index in [1.807, 2.05) is 0 Å². The van der Waals surface area contributed by atoms with Crippen LogP contribution in [0, 0.1) is 5.41 Å². The molecule has 7 heteroatoms. The van der Waals surface area contributed by atoms with Gasteiger partial charge in [-0.05, 0) is 37.5 Å². The van der Waals surface area contributed by atoms with Crippen LogP contribution in [0.25, 0.3) is 0 Å². The molecule has 0 bridgehead atoms. The zero-order chi connectivity index (χ0) is 15.6. The summed E-state index contributed by atoms with van der Waals surface area (Å²) in [6, 6.07) is 5.81. The number of benzene rings is 1. The number of carboxylic acids is 1. The van der Waals surface area contributed by atoms with Gasteiger partial charge in [-0.3, -0.25) is 9.59 Å². The lowest BCUT2D eigenvalue weighted by atomic mass is 10.0. The highest BCUT2D eigenvalue weighted by atomic mass is 16.4. The molecular formula is C14H17N3O4. The van der Waals surface area contributed by atoms with Gasteiger partial charge >= 0.3 is 12.0 Å². The molecule has 7 nitrogen and oxygen atoms in total. The van der Waals surface area contributed by atoms with Crippen LogP contribution in [0.2, 0.25) is 0 Å². The number of hydrogen-bond donors (Lipinski definition) is 4. The summed E-state index contributed by atoms with van der Waals surface area (Å²) in [7, 11) is 0. The molecule has 0 heterocycles. The maximum absolute atomic E-state index is 12.0. The van der Waals surface area contributed by atoms with Gasteiger partial charge in [-0.1, -0.05) is 12.1 Å². The van der Waals surface area contributed by atoms with E-state index in [2.05, 4.69) is 10.6 Å². The number of urea groups is 1. The molecule has 5 N–H and O–H groups in total. The van der Waals surface area contributed by atoms with Gasteiger partial charge in [0.2, 0.25) is 5.91 Å². The first-order valence-electron chi connectivity index (χ1n) is 6.56. The first-order chi connectivity index (χ1) is 9.85. The molecule has 2 rings (SSSR count). The number of primary amides is 1. The van der Waals surface area contributed by atoms with Crippen LogP contribution in [-0.2, 0) is 9.59 Å². The average molecular weight is 291 g/mol. The summed E-state index contributed by atoms with van der Waals surface area (Å²) >= 11 is 0. The molecule has 1 saturated carbocycles. The Balaban J connectivity index is 2.00. The minimum absolute atomic E-state index is 0.322. The third-order valence-corrected chi connectivity index (χ3v) is 3.62. The van der Waals surface area contributed by atoms with E-state index in [9.17, 15) is 14.4 Å². The van der Waals surface area contributed by atoms with Gasteiger partial charge in [-0.15, -0.1) is 0 Å². The Bertz CT molecular complexity index is 578. The molecule has 1 aliphatic carbocycles. The second kappa shape index (κ2) is 5.43. The number of carboxylic acid groups (broad SMARTS) is 1. The number of anilines is 1. The topological polar surface area (TPSA) is 122 Å². The maximum atomic E-state index is 12.0. The van der Waals surface area contributed by atoms with Crippen molar-refractivity contribution in [2.75, 3.05) is 5.32 Å². The van der Waals surface area contributed by atoms with Gasteiger partial charge in [0, 0.05) is 5.69 Å². The second-order valence-corrected chi connectivity index (χ2v) is 5.19. The van der Waals surface area contributed by atoms with Crippen molar-refractivity contribution in [3.63, 3.8) is 0 Å². The highest BCUT2D eigenvalue weighted by Gasteiger charge is 2.57. The fraction of sp³-hybridized carbons (Fsp3) is 0.357. The van der Waals surface area contributed by atoms with Gasteiger partial charge < -0.3 is 21.5 Å². The van der Waals surface area contributed by atoms with E-state index in [-0.39, 0.29) is 6.04 Å². The Morgan fingerprint density at radius 1 is 1.24 bits per heavy atom. The number of carbonyl (C=O) groups excluding carboxylic acids is 2. The minimum Gasteiger partial charge on any atom is -0.480 e. The molecule has 1 atom stereocenters. The molecule has 1 aromatic rings. The second-order valence-electron chi connectivity index (χ2n) is 5.19. The predicted molar refractivity (Wildman–Crippen MR) is 75.5 cm³/mol. The van der Waals surface area contributed by atoms with Crippen molar-refractivity contribution in [2.24, 2.45) is 11.1 Å². The number of rotatable bonds is 5. The summed E-state index contributed by atoms with van der Waals surface area (Å²) in [5.41, 5.74) is 5.12. The summed E-state index contributed by atoms with van der Waals surface area (Å²) in [6.45, 7) is 1.77. The highest BCUT2D eigenvalue weighted by molar-refractivity contribution is 6.04. The molecule has 0 aromatic heterocycles. The van der Waals surface area contributed by atoms with Crippen molar-refractivity contribution >= 4 is 23.6 Å². The van der Waals surface area contributed by atoms with Crippen molar-refractivity contribution in [1.29, 1.82) is 0 Å². The number of aliphatic carboxylic acids is 1. The molecule has 112 valence electrons. The van der Waals surface area contributed by atoms with E-state index in [0.29, 0.717) is 18.5 Å². The SMILES string of the molecule is CC(NC(=O)C1(C(=O)O)CC1)c1ccc(NC(N)=O)cc1. The zero-order valence-electron chi connectivity index (χ0n) is 11.6. The third-order valence-electron chi connectivity index (χ3n) is 3.62. The third kappa shape index (κ3) is 3.13. The molecule has 0 aliphatic heterocycles. The molecule has 21 heavy (non-hydrogen) atoms. The van der Waals surface area contributed by atoms with Crippen LogP contribution in [-0.4, -0.2) is 23.0 Å². The molecule has 0 spiro atoms. The molecule has 1 unspecified atom stereocenters. The summed E-state index contributed by atoms with van der Waals surface area (Å²) in [5, 5.41) is 14.2. The summed E-state index contributed by atoms with van der Waals surface area (Å²) in [4.78, 5) is 33.8. The molecule has 1 fully saturated rings. The van der Waals surface area contributed by atoms with Crippen molar-refractivity contribution in [3.8, 4) is 0 Å². The number of hydrogen-bond acceptors (Lipinski definition) is 3. The van der Waals surface area contributed by atoms with E-state index in [0.717, 1.165) is 5.56 Å². The van der Waals surface area contributed by atoms with E-state index < -0.39 is 23.3 Å². The fourth-order valence-electron chi connectivity index (χ4n) is 2.08. The molecule has 1 aromatic carbocycles. The molecule has 0 radical (unpaired) electrons. The maximum Gasteiger partial charge on any atom is 0.319 e. The first kappa shape index (κ1) is 14.8. The summed E-state index contributed by atoms with van der Waals surface area (Å²) in [5.74, 6) is -1.53. The molecular weight excluding hydrogens is 274 g/mol. The van der Waals surface area contributed by atoms with Gasteiger partial charge in [0.1, 0.15) is 5.41 Å². The summed E-state index contributed by atoms with van der Waals surface area (Å²) < 4.78 is 0. The largest absolute Gasteiger partial charge is 0.480 e. The van der Waals surface area contributed by atoms with E-state index in [4.69, 9.17) is 10.8 Å². The van der Waals surface area contributed by atoms with E-state index in [1.54, 1.807) is 31.2 Å². The van der Waals surface area contributed by atoms with Crippen molar-refractivity contribution in [2.45, 2.75) is 25.8 Å². The van der Waals surface area contributed by atoms with Gasteiger partial charge in [0.15, 0.2) is 0 Å². The van der Waals surface area contributed by atoms with Crippen LogP contribution in [0.5, 0.6) is 0 Å². The van der Waals surface area contributed by atoms with Crippen molar-refractivity contribution < 1.29 is 19.5 Å². The van der Waals surface area contributed by atoms with Crippen LogP contribution in [0.4, 0.5) is 10.5 Å². The lowest BCUT2D eigenvalue weighted by Gasteiger charge is -2.17. The lowest BCUT2D eigenvalue weighted by molar-refractivity contribution is -0.149.